The molecule has 4 heterocycles. The summed E-state index contributed by atoms with van der Waals surface area (Å²) < 4.78 is 45.8. The van der Waals surface area contributed by atoms with E-state index in [1.54, 1.807) is 42.1 Å². The van der Waals surface area contributed by atoms with Crippen molar-refractivity contribution >= 4 is 27.8 Å². The fourth-order valence-corrected chi connectivity index (χ4v) is 3.83. The van der Waals surface area contributed by atoms with Crippen molar-refractivity contribution in [3.8, 4) is 22.7 Å². The minimum absolute atomic E-state index is 0.153. The SMILES string of the molecule is CNc1ccc(-n2c(=O)c(-c3ccc4nn(C)cc4c3)cc3ccc(OCC(F)(F)F)nc32)cn1. The molecule has 5 rings (SSSR count). The van der Waals surface area contributed by atoms with Gasteiger partial charge in [0.2, 0.25) is 5.88 Å². The van der Waals surface area contributed by atoms with Gasteiger partial charge in [0.05, 0.1) is 17.4 Å². The lowest BCUT2D eigenvalue weighted by Crippen LogP contribution is -2.22. The molecule has 0 aliphatic heterocycles. The number of nitrogens with zero attached hydrogens (tertiary/aromatic N) is 5. The van der Waals surface area contributed by atoms with Crippen molar-refractivity contribution in [2.45, 2.75) is 6.18 Å². The Bertz CT molecular complexity index is 1610. The van der Waals surface area contributed by atoms with Gasteiger partial charge in [0.15, 0.2) is 12.3 Å². The molecule has 0 saturated carbocycles. The van der Waals surface area contributed by atoms with Crippen LogP contribution in [0.1, 0.15) is 0 Å². The van der Waals surface area contributed by atoms with Crippen LogP contribution in [0.25, 0.3) is 38.8 Å². The van der Waals surface area contributed by atoms with E-state index < -0.39 is 18.3 Å². The van der Waals surface area contributed by atoms with Gasteiger partial charge in [-0.1, -0.05) is 6.07 Å². The van der Waals surface area contributed by atoms with Crippen molar-refractivity contribution in [1.82, 2.24) is 24.3 Å². The summed E-state index contributed by atoms with van der Waals surface area (Å²) in [5.41, 5.74) is 2.01. The molecule has 1 N–H and O–H groups in total. The highest BCUT2D eigenvalue weighted by Gasteiger charge is 2.28. The predicted molar refractivity (Wildman–Crippen MR) is 126 cm³/mol. The first-order valence-corrected chi connectivity index (χ1v) is 10.6. The van der Waals surface area contributed by atoms with Crippen LogP contribution >= 0.6 is 0 Å². The summed E-state index contributed by atoms with van der Waals surface area (Å²) in [6.45, 7) is -1.49. The van der Waals surface area contributed by atoms with Crippen LogP contribution < -0.4 is 15.6 Å². The largest absolute Gasteiger partial charge is 0.468 e. The molecule has 4 aromatic heterocycles. The number of alkyl halides is 3. The summed E-state index contributed by atoms with van der Waals surface area (Å²) in [6.07, 6.45) is -1.17. The number of hydrogen-bond acceptors (Lipinski definition) is 6. The third-order valence-corrected chi connectivity index (χ3v) is 5.40. The van der Waals surface area contributed by atoms with E-state index in [0.29, 0.717) is 28.0 Å². The van der Waals surface area contributed by atoms with Crippen molar-refractivity contribution < 1.29 is 17.9 Å². The van der Waals surface area contributed by atoms with Gasteiger partial charge in [0, 0.05) is 42.7 Å². The number of aromatic nitrogens is 5. The normalized spacial score (nSPS) is 11.8. The maximum atomic E-state index is 13.7. The van der Waals surface area contributed by atoms with Crippen LogP contribution in [0.5, 0.6) is 5.88 Å². The van der Waals surface area contributed by atoms with Crippen molar-refractivity contribution in [2.24, 2.45) is 7.05 Å². The van der Waals surface area contributed by atoms with Crippen molar-refractivity contribution in [3.63, 3.8) is 0 Å². The zero-order chi connectivity index (χ0) is 24.7. The Hall–Kier alpha value is -4.41. The number of fused-ring (bicyclic) bond motifs is 2. The van der Waals surface area contributed by atoms with Gasteiger partial charge in [-0.05, 0) is 42.0 Å². The monoisotopic (exact) mass is 480 g/mol. The highest BCUT2D eigenvalue weighted by molar-refractivity contribution is 5.88. The van der Waals surface area contributed by atoms with E-state index in [9.17, 15) is 18.0 Å². The zero-order valence-corrected chi connectivity index (χ0v) is 18.7. The number of pyridine rings is 3. The van der Waals surface area contributed by atoms with E-state index in [-0.39, 0.29) is 11.5 Å². The molecular weight excluding hydrogens is 461 g/mol. The molecular formula is C24H19F3N6O2. The van der Waals surface area contributed by atoms with E-state index in [0.717, 1.165) is 10.9 Å². The van der Waals surface area contributed by atoms with Crippen molar-refractivity contribution in [3.05, 3.63) is 71.3 Å². The lowest BCUT2D eigenvalue weighted by Gasteiger charge is -2.14. The number of nitrogens with one attached hydrogen (secondary N) is 1. The number of rotatable bonds is 5. The average Bonchev–Trinajstić information content (AvgIpc) is 3.21. The number of hydrogen-bond donors (Lipinski definition) is 1. The third-order valence-electron chi connectivity index (χ3n) is 5.40. The van der Waals surface area contributed by atoms with Gasteiger partial charge in [0.25, 0.3) is 5.56 Å². The lowest BCUT2D eigenvalue weighted by atomic mass is 10.0. The molecule has 0 amide bonds. The highest BCUT2D eigenvalue weighted by atomic mass is 19.4. The standard InChI is InChI=1S/C24H19F3N6O2/c1-28-20-7-5-17(11-29-20)33-22-15(4-8-21(30-22)35-13-24(25,26)27)10-18(23(33)34)14-3-6-19-16(9-14)12-32(2)31-19/h3-12H,13H2,1-2H3,(H,28,29). The summed E-state index contributed by atoms with van der Waals surface area (Å²) in [4.78, 5) is 22.2. The van der Waals surface area contributed by atoms with E-state index in [1.165, 1.54) is 16.8 Å². The summed E-state index contributed by atoms with van der Waals surface area (Å²) in [7, 11) is 3.53. The number of aryl methyl sites for hydroxylation is 1. The van der Waals surface area contributed by atoms with E-state index in [1.807, 2.05) is 25.4 Å². The molecule has 0 aliphatic rings. The van der Waals surface area contributed by atoms with Gasteiger partial charge in [-0.25, -0.2) is 4.98 Å². The average molecular weight is 480 g/mol. The summed E-state index contributed by atoms with van der Waals surface area (Å²) in [6, 6.07) is 13.5. The third kappa shape index (κ3) is 4.39. The first-order chi connectivity index (χ1) is 16.7. The zero-order valence-electron chi connectivity index (χ0n) is 18.7. The number of halogens is 3. The van der Waals surface area contributed by atoms with Crippen LogP contribution in [-0.2, 0) is 7.05 Å². The van der Waals surface area contributed by atoms with Crippen LogP contribution in [0.2, 0.25) is 0 Å². The Morgan fingerprint density at radius 1 is 1.06 bits per heavy atom. The van der Waals surface area contributed by atoms with Gasteiger partial charge in [-0.3, -0.25) is 14.0 Å². The lowest BCUT2D eigenvalue weighted by molar-refractivity contribution is -0.154. The minimum atomic E-state index is -4.52. The number of ether oxygens (including phenoxy) is 1. The van der Waals surface area contributed by atoms with Crippen LogP contribution in [0.4, 0.5) is 19.0 Å². The topological polar surface area (TPSA) is 86.9 Å². The molecule has 0 unspecified atom stereocenters. The molecule has 0 aliphatic carbocycles. The molecule has 0 radical (unpaired) electrons. The molecule has 8 nitrogen and oxygen atoms in total. The second kappa shape index (κ2) is 8.42. The Kier molecular flexibility index (Phi) is 5.39. The van der Waals surface area contributed by atoms with Crippen molar-refractivity contribution in [1.29, 1.82) is 0 Å². The fraction of sp³-hybridized carbons (Fsp3) is 0.167. The van der Waals surface area contributed by atoms with Gasteiger partial charge < -0.3 is 10.1 Å². The molecule has 11 heteroatoms. The number of anilines is 1. The predicted octanol–water partition coefficient (Wildman–Crippen LogP) is 4.32. The molecule has 0 fully saturated rings. The van der Waals surface area contributed by atoms with Crippen LogP contribution in [0.3, 0.4) is 0 Å². The highest BCUT2D eigenvalue weighted by Crippen LogP contribution is 2.27. The second-order valence-electron chi connectivity index (χ2n) is 7.89. The summed E-state index contributed by atoms with van der Waals surface area (Å²) in [5, 5.41) is 8.68. The molecule has 35 heavy (non-hydrogen) atoms. The second-order valence-corrected chi connectivity index (χ2v) is 7.89. The summed E-state index contributed by atoms with van der Waals surface area (Å²) in [5.74, 6) is 0.346. The van der Waals surface area contributed by atoms with Gasteiger partial charge in [-0.2, -0.15) is 23.3 Å². The minimum Gasteiger partial charge on any atom is -0.468 e. The fourth-order valence-electron chi connectivity index (χ4n) is 3.83. The Balaban J connectivity index is 1.72. The van der Waals surface area contributed by atoms with Crippen LogP contribution in [-0.4, -0.2) is 44.1 Å². The Labute approximate surface area is 196 Å². The molecule has 0 saturated heterocycles. The molecule has 178 valence electrons. The Morgan fingerprint density at radius 2 is 1.89 bits per heavy atom. The van der Waals surface area contributed by atoms with Crippen LogP contribution in [0.15, 0.2) is 65.7 Å². The van der Waals surface area contributed by atoms with E-state index in [4.69, 9.17) is 4.74 Å². The van der Waals surface area contributed by atoms with Crippen LogP contribution in [0, 0.1) is 0 Å². The van der Waals surface area contributed by atoms with E-state index >= 15 is 0 Å². The molecule has 1 aromatic carbocycles. The molecule has 0 spiro atoms. The van der Waals surface area contributed by atoms with Crippen molar-refractivity contribution in [2.75, 3.05) is 19.0 Å². The van der Waals surface area contributed by atoms with Gasteiger partial charge in [-0.15, -0.1) is 0 Å². The molecule has 5 aromatic rings. The smallest absolute Gasteiger partial charge is 0.422 e. The first kappa shape index (κ1) is 22.4. The maximum absolute atomic E-state index is 13.7. The van der Waals surface area contributed by atoms with Gasteiger partial charge in [0.1, 0.15) is 5.82 Å². The maximum Gasteiger partial charge on any atom is 0.422 e. The molecule has 0 atom stereocenters. The number of benzene rings is 1. The first-order valence-electron chi connectivity index (χ1n) is 10.6. The van der Waals surface area contributed by atoms with E-state index in [2.05, 4.69) is 20.4 Å². The van der Waals surface area contributed by atoms with Gasteiger partial charge >= 0.3 is 6.18 Å². The Morgan fingerprint density at radius 3 is 2.60 bits per heavy atom. The summed E-state index contributed by atoms with van der Waals surface area (Å²) >= 11 is 0. The quantitative estimate of drug-likeness (QED) is 0.403. The molecule has 0 bridgehead atoms.